The zero-order valence-corrected chi connectivity index (χ0v) is 13.6. The highest BCUT2D eigenvalue weighted by atomic mass is 19.1. The SMILES string of the molecule is CC1(C)C(=O)N([C@@H](c2ccccc2)[C@H](O)CO)c2cc(F)ccc21. The van der Waals surface area contributed by atoms with Crippen molar-refractivity contribution in [1.29, 1.82) is 0 Å². The van der Waals surface area contributed by atoms with Crippen molar-refractivity contribution in [2.75, 3.05) is 11.5 Å². The van der Waals surface area contributed by atoms with Crippen molar-refractivity contribution in [3.8, 4) is 0 Å². The van der Waals surface area contributed by atoms with Crippen molar-refractivity contribution in [2.24, 2.45) is 0 Å². The second-order valence-corrected chi connectivity index (χ2v) is 6.57. The second-order valence-electron chi connectivity index (χ2n) is 6.57. The van der Waals surface area contributed by atoms with E-state index in [4.69, 9.17) is 0 Å². The normalized spacial score (nSPS) is 18.4. The summed E-state index contributed by atoms with van der Waals surface area (Å²) in [7, 11) is 0. The van der Waals surface area contributed by atoms with Crippen molar-refractivity contribution < 1.29 is 19.4 Å². The molecule has 0 saturated heterocycles. The van der Waals surface area contributed by atoms with Crippen LogP contribution < -0.4 is 4.90 Å². The maximum atomic E-state index is 13.8. The standard InChI is InChI=1S/C19H20FNO3/c1-19(2)14-9-8-13(20)10-15(14)21(18(19)24)17(16(23)11-22)12-6-4-3-5-7-12/h3-10,16-17,22-23H,11H2,1-2H3/t16-,17+/m1/s1. The van der Waals surface area contributed by atoms with E-state index < -0.39 is 30.0 Å². The Morgan fingerprint density at radius 3 is 2.46 bits per heavy atom. The molecule has 2 aromatic carbocycles. The number of aliphatic hydroxyl groups is 2. The van der Waals surface area contributed by atoms with Crippen molar-refractivity contribution in [2.45, 2.75) is 31.4 Å². The molecule has 2 N–H and O–H groups in total. The highest BCUT2D eigenvalue weighted by molar-refractivity contribution is 6.08. The molecule has 5 heteroatoms. The fraction of sp³-hybridized carbons (Fsp3) is 0.316. The van der Waals surface area contributed by atoms with Gasteiger partial charge in [0.1, 0.15) is 11.9 Å². The molecule has 1 heterocycles. The highest BCUT2D eigenvalue weighted by Crippen LogP contribution is 2.46. The Kier molecular flexibility index (Phi) is 4.15. The number of carbonyl (C=O) groups is 1. The number of hydrogen-bond donors (Lipinski definition) is 2. The summed E-state index contributed by atoms with van der Waals surface area (Å²) in [5, 5.41) is 19.9. The van der Waals surface area contributed by atoms with Crippen LogP contribution in [-0.4, -0.2) is 28.8 Å². The second kappa shape index (κ2) is 6.00. The molecule has 0 bridgehead atoms. The highest BCUT2D eigenvalue weighted by Gasteiger charge is 2.48. The number of hydrogen-bond acceptors (Lipinski definition) is 3. The molecule has 0 fully saturated rings. The molecule has 4 nitrogen and oxygen atoms in total. The first-order chi connectivity index (χ1) is 11.4. The van der Waals surface area contributed by atoms with E-state index in [1.807, 2.05) is 6.07 Å². The molecule has 0 aliphatic carbocycles. The Hall–Kier alpha value is -2.24. The van der Waals surface area contributed by atoms with E-state index in [1.54, 1.807) is 44.2 Å². The Bertz CT molecular complexity index is 760. The lowest BCUT2D eigenvalue weighted by Gasteiger charge is -2.33. The van der Waals surface area contributed by atoms with Crippen LogP contribution in [0, 0.1) is 5.82 Å². The van der Waals surface area contributed by atoms with Crippen LogP contribution in [-0.2, 0) is 10.2 Å². The first-order valence-corrected chi connectivity index (χ1v) is 7.85. The number of aliphatic hydroxyl groups excluding tert-OH is 2. The summed E-state index contributed by atoms with van der Waals surface area (Å²) < 4.78 is 13.8. The molecule has 1 amide bonds. The molecule has 0 spiro atoms. The van der Waals surface area contributed by atoms with Crippen molar-refractivity contribution in [3.63, 3.8) is 0 Å². The van der Waals surface area contributed by atoms with Crippen molar-refractivity contribution in [3.05, 3.63) is 65.5 Å². The van der Waals surface area contributed by atoms with Gasteiger partial charge >= 0.3 is 0 Å². The van der Waals surface area contributed by atoms with Gasteiger partial charge in [0.15, 0.2) is 0 Å². The van der Waals surface area contributed by atoms with Crippen LogP contribution >= 0.6 is 0 Å². The number of amides is 1. The van der Waals surface area contributed by atoms with Gasteiger partial charge in [-0.1, -0.05) is 36.4 Å². The molecular formula is C19H20FNO3. The van der Waals surface area contributed by atoms with Gasteiger partial charge in [0.25, 0.3) is 0 Å². The van der Waals surface area contributed by atoms with Gasteiger partial charge in [-0.2, -0.15) is 0 Å². The zero-order chi connectivity index (χ0) is 17.5. The number of anilines is 1. The van der Waals surface area contributed by atoms with E-state index in [0.717, 1.165) is 0 Å². The minimum Gasteiger partial charge on any atom is -0.394 e. The molecule has 2 aromatic rings. The summed E-state index contributed by atoms with van der Waals surface area (Å²) in [5.74, 6) is -0.681. The maximum Gasteiger partial charge on any atom is 0.237 e. The Morgan fingerprint density at radius 1 is 1.17 bits per heavy atom. The average Bonchev–Trinajstić information content (AvgIpc) is 2.76. The lowest BCUT2D eigenvalue weighted by atomic mass is 9.86. The fourth-order valence-electron chi connectivity index (χ4n) is 3.33. The predicted molar refractivity (Wildman–Crippen MR) is 89.2 cm³/mol. The van der Waals surface area contributed by atoms with Crippen LogP contribution in [0.4, 0.5) is 10.1 Å². The third-order valence-electron chi connectivity index (χ3n) is 4.62. The molecule has 1 aliphatic rings. The van der Waals surface area contributed by atoms with E-state index in [-0.39, 0.29) is 5.91 Å². The quantitative estimate of drug-likeness (QED) is 0.906. The summed E-state index contributed by atoms with van der Waals surface area (Å²) in [5.41, 5.74) is 0.997. The largest absolute Gasteiger partial charge is 0.394 e. The van der Waals surface area contributed by atoms with Gasteiger partial charge in [0.2, 0.25) is 5.91 Å². The summed E-state index contributed by atoms with van der Waals surface area (Å²) >= 11 is 0. The van der Waals surface area contributed by atoms with Gasteiger partial charge in [0.05, 0.1) is 23.8 Å². The number of halogens is 1. The minimum atomic E-state index is -1.18. The van der Waals surface area contributed by atoms with Crippen LogP contribution in [0.2, 0.25) is 0 Å². The molecule has 1 aliphatic heterocycles. The number of nitrogens with zero attached hydrogens (tertiary/aromatic N) is 1. The molecule has 0 unspecified atom stereocenters. The molecule has 0 aromatic heterocycles. The Labute approximate surface area is 140 Å². The predicted octanol–water partition coefficient (Wildman–Crippen LogP) is 2.54. The van der Waals surface area contributed by atoms with Gasteiger partial charge in [-0.25, -0.2) is 4.39 Å². The van der Waals surface area contributed by atoms with E-state index in [0.29, 0.717) is 16.8 Å². The third-order valence-corrected chi connectivity index (χ3v) is 4.62. The maximum absolute atomic E-state index is 13.8. The van der Waals surface area contributed by atoms with Gasteiger partial charge in [-0.05, 0) is 37.1 Å². The van der Waals surface area contributed by atoms with E-state index in [1.165, 1.54) is 17.0 Å². The molecule has 24 heavy (non-hydrogen) atoms. The van der Waals surface area contributed by atoms with Crippen LogP contribution in [0.15, 0.2) is 48.5 Å². The first kappa shape index (κ1) is 16.6. The number of fused-ring (bicyclic) bond motifs is 1. The fourth-order valence-corrected chi connectivity index (χ4v) is 3.33. The summed E-state index contributed by atoms with van der Waals surface area (Å²) in [4.78, 5) is 14.5. The first-order valence-electron chi connectivity index (χ1n) is 7.85. The monoisotopic (exact) mass is 329 g/mol. The van der Waals surface area contributed by atoms with Gasteiger partial charge in [-0.15, -0.1) is 0 Å². The molecule has 3 rings (SSSR count). The van der Waals surface area contributed by atoms with Gasteiger partial charge in [-0.3, -0.25) is 4.79 Å². The zero-order valence-electron chi connectivity index (χ0n) is 13.6. The number of rotatable bonds is 4. The summed E-state index contributed by atoms with van der Waals surface area (Å²) in [6, 6.07) is 12.4. The smallest absolute Gasteiger partial charge is 0.237 e. The van der Waals surface area contributed by atoms with Crippen molar-refractivity contribution >= 4 is 11.6 Å². The van der Waals surface area contributed by atoms with Crippen molar-refractivity contribution in [1.82, 2.24) is 0 Å². The van der Waals surface area contributed by atoms with E-state index in [9.17, 15) is 19.4 Å². The minimum absolute atomic E-state index is 0.232. The van der Waals surface area contributed by atoms with Crippen LogP contribution in [0.25, 0.3) is 0 Å². The number of benzene rings is 2. The van der Waals surface area contributed by atoms with Gasteiger partial charge < -0.3 is 15.1 Å². The molecule has 2 atom stereocenters. The Morgan fingerprint density at radius 2 is 1.83 bits per heavy atom. The summed E-state index contributed by atoms with van der Waals surface area (Å²) in [6.07, 6.45) is -1.18. The van der Waals surface area contributed by atoms with E-state index in [2.05, 4.69) is 0 Å². The molecule has 126 valence electrons. The van der Waals surface area contributed by atoms with Crippen LogP contribution in [0.3, 0.4) is 0 Å². The third kappa shape index (κ3) is 2.50. The van der Waals surface area contributed by atoms with Crippen LogP contribution in [0.5, 0.6) is 0 Å². The molecular weight excluding hydrogens is 309 g/mol. The summed E-state index contributed by atoms with van der Waals surface area (Å²) in [6.45, 7) is 3.05. The van der Waals surface area contributed by atoms with E-state index >= 15 is 0 Å². The lowest BCUT2D eigenvalue weighted by Crippen LogP contribution is -2.44. The average molecular weight is 329 g/mol. The molecule has 0 saturated carbocycles. The Balaban J connectivity index is 2.19. The number of carbonyl (C=O) groups excluding carboxylic acids is 1. The van der Waals surface area contributed by atoms with Gasteiger partial charge in [0, 0.05) is 0 Å². The lowest BCUT2D eigenvalue weighted by molar-refractivity contribution is -0.123. The molecule has 0 radical (unpaired) electrons. The topological polar surface area (TPSA) is 60.8 Å². The van der Waals surface area contributed by atoms with Crippen LogP contribution in [0.1, 0.15) is 31.0 Å².